The summed E-state index contributed by atoms with van der Waals surface area (Å²) in [5.41, 5.74) is 1.28. The molecule has 24 heavy (non-hydrogen) atoms. The van der Waals surface area contributed by atoms with Crippen LogP contribution in [0.25, 0.3) is 10.8 Å². The minimum absolute atomic E-state index is 0.121. The van der Waals surface area contributed by atoms with Crippen LogP contribution in [0.2, 0.25) is 0 Å². The maximum Gasteiger partial charge on any atom is 0.258 e. The van der Waals surface area contributed by atoms with Crippen molar-refractivity contribution in [2.75, 3.05) is 33.2 Å². The molecule has 1 aromatic heterocycles. The summed E-state index contributed by atoms with van der Waals surface area (Å²) in [5, 5.41) is 1.87. The second kappa shape index (κ2) is 7.49. The van der Waals surface area contributed by atoms with E-state index in [4.69, 9.17) is 0 Å². The van der Waals surface area contributed by atoms with Crippen LogP contribution in [0.4, 0.5) is 0 Å². The second-order valence-electron chi connectivity index (χ2n) is 7.02. The molecule has 130 valence electrons. The van der Waals surface area contributed by atoms with Crippen LogP contribution in [0.15, 0.2) is 35.1 Å². The average molecular weight is 327 g/mol. The van der Waals surface area contributed by atoms with Crippen LogP contribution in [-0.4, -0.2) is 47.6 Å². The Morgan fingerprint density at radius 3 is 2.67 bits per heavy atom. The lowest BCUT2D eigenvalue weighted by Gasteiger charge is -2.32. The standard InChI is InChI=1S/C20H29N3O/c1-4-8-18(23-12-7-11-21(2)13-14-23)19-15-16-9-5-6-10-17(16)20(24)22(19)3/h5-6,9-10,15,18H,4,7-8,11-14H2,1-3H3. The van der Waals surface area contributed by atoms with E-state index in [-0.39, 0.29) is 5.56 Å². The van der Waals surface area contributed by atoms with Crippen molar-refractivity contribution in [2.45, 2.75) is 32.2 Å². The molecule has 1 saturated heterocycles. The van der Waals surface area contributed by atoms with E-state index in [0.717, 1.165) is 55.5 Å². The predicted octanol–water partition coefficient (Wildman–Crippen LogP) is 3.02. The summed E-state index contributed by atoms with van der Waals surface area (Å²) in [6, 6.07) is 10.5. The first-order chi connectivity index (χ1) is 11.6. The summed E-state index contributed by atoms with van der Waals surface area (Å²) >= 11 is 0. The average Bonchev–Trinajstić information content (AvgIpc) is 2.81. The summed E-state index contributed by atoms with van der Waals surface area (Å²) in [6.07, 6.45) is 3.41. The van der Waals surface area contributed by atoms with Crippen molar-refractivity contribution in [2.24, 2.45) is 7.05 Å². The van der Waals surface area contributed by atoms with Gasteiger partial charge >= 0.3 is 0 Å². The number of pyridine rings is 1. The highest BCUT2D eigenvalue weighted by Crippen LogP contribution is 2.27. The van der Waals surface area contributed by atoms with E-state index in [0.29, 0.717) is 6.04 Å². The Kier molecular flexibility index (Phi) is 5.36. The summed E-state index contributed by atoms with van der Waals surface area (Å²) < 4.78 is 1.87. The smallest absolute Gasteiger partial charge is 0.258 e. The number of aromatic nitrogens is 1. The third kappa shape index (κ3) is 3.40. The number of fused-ring (bicyclic) bond motifs is 1. The van der Waals surface area contributed by atoms with Crippen LogP contribution in [-0.2, 0) is 7.05 Å². The summed E-state index contributed by atoms with van der Waals surface area (Å²) in [6.45, 7) is 6.67. The van der Waals surface area contributed by atoms with Crippen LogP contribution in [0.5, 0.6) is 0 Å². The maximum atomic E-state index is 12.8. The largest absolute Gasteiger partial charge is 0.314 e. The summed E-state index contributed by atoms with van der Waals surface area (Å²) in [5.74, 6) is 0. The van der Waals surface area contributed by atoms with Crippen molar-refractivity contribution < 1.29 is 0 Å². The van der Waals surface area contributed by atoms with E-state index in [1.807, 2.05) is 29.8 Å². The predicted molar refractivity (Wildman–Crippen MR) is 101 cm³/mol. The molecule has 0 amide bonds. The van der Waals surface area contributed by atoms with Crippen molar-refractivity contribution in [1.29, 1.82) is 0 Å². The molecule has 1 aliphatic heterocycles. The van der Waals surface area contributed by atoms with Gasteiger partial charge < -0.3 is 9.47 Å². The molecule has 4 nitrogen and oxygen atoms in total. The van der Waals surface area contributed by atoms with Gasteiger partial charge in [0.25, 0.3) is 5.56 Å². The molecule has 4 heteroatoms. The Balaban J connectivity index is 2.03. The van der Waals surface area contributed by atoms with Crippen molar-refractivity contribution in [3.8, 4) is 0 Å². The third-order valence-corrected chi connectivity index (χ3v) is 5.28. The Hall–Kier alpha value is -1.65. The molecule has 0 spiro atoms. The van der Waals surface area contributed by atoms with Crippen LogP contribution in [0.1, 0.15) is 37.9 Å². The lowest BCUT2D eigenvalue weighted by atomic mass is 10.0. The first-order valence-electron chi connectivity index (χ1n) is 9.13. The van der Waals surface area contributed by atoms with Gasteiger partial charge in [0, 0.05) is 37.8 Å². The molecule has 1 atom stereocenters. The number of rotatable bonds is 4. The van der Waals surface area contributed by atoms with E-state index in [1.165, 1.54) is 6.42 Å². The Morgan fingerprint density at radius 1 is 1.08 bits per heavy atom. The SMILES string of the molecule is CCCC(c1cc2ccccc2c(=O)n1C)N1CCCN(C)CC1. The van der Waals surface area contributed by atoms with Crippen molar-refractivity contribution in [3.05, 3.63) is 46.4 Å². The zero-order valence-electron chi connectivity index (χ0n) is 15.2. The molecule has 1 aromatic carbocycles. The number of hydrogen-bond donors (Lipinski definition) is 0. The molecule has 2 heterocycles. The van der Waals surface area contributed by atoms with Gasteiger partial charge in [0.2, 0.25) is 0 Å². The molecule has 3 rings (SSSR count). The fraction of sp³-hybridized carbons (Fsp3) is 0.550. The Labute approximate surface area is 144 Å². The zero-order chi connectivity index (χ0) is 17.1. The minimum Gasteiger partial charge on any atom is -0.314 e. The lowest BCUT2D eigenvalue weighted by molar-refractivity contribution is 0.185. The number of hydrogen-bond acceptors (Lipinski definition) is 3. The Morgan fingerprint density at radius 2 is 1.88 bits per heavy atom. The normalized spacial score (nSPS) is 18.6. The first kappa shape index (κ1) is 17.2. The third-order valence-electron chi connectivity index (χ3n) is 5.28. The van der Waals surface area contributed by atoms with Gasteiger partial charge in [0.05, 0.1) is 6.04 Å². The molecule has 0 N–H and O–H groups in total. The van der Waals surface area contributed by atoms with E-state index in [9.17, 15) is 4.79 Å². The van der Waals surface area contributed by atoms with Crippen LogP contribution >= 0.6 is 0 Å². The highest BCUT2D eigenvalue weighted by molar-refractivity contribution is 5.81. The molecule has 0 bridgehead atoms. The molecule has 0 saturated carbocycles. The van der Waals surface area contributed by atoms with Gasteiger partial charge in [0.15, 0.2) is 0 Å². The summed E-state index contributed by atoms with van der Waals surface area (Å²) in [4.78, 5) is 17.8. The molecule has 1 fully saturated rings. The molecule has 2 aromatic rings. The highest BCUT2D eigenvalue weighted by atomic mass is 16.1. The fourth-order valence-corrected chi connectivity index (χ4v) is 3.86. The van der Waals surface area contributed by atoms with Gasteiger partial charge in [-0.2, -0.15) is 0 Å². The van der Waals surface area contributed by atoms with Gasteiger partial charge in [0.1, 0.15) is 0 Å². The molecule has 1 unspecified atom stereocenters. The molecular weight excluding hydrogens is 298 g/mol. The number of likely N-dealkylation sites (N-methyl/N-ethyl adjacent to an activating group) is 1. The van der Waals surface area contributed by atoms with E-state index in [1.54, 1.807) is 0 Å². The van der Waals surface area contributed by atoms with Gasteiger partial charge in [-0.25, -0.2) is 0 Å². The van der Waals surface area contributed by atoms with Gasteiger partial charge in [-0.1, -0.05) is 31.5 Å². The van der Waals surface area contributed by atoms with E-state index >= 15 is 0 Å². The van der Waals surface area contributed by atoms with Crippen LogP contribution < -0.4 is 5.56 Å². The van der Waals surface area contributed by atoms with Crippen molar-refractivity contribution in [1.82, 2.24) is 14.4 Å². The molecule has 1 aliphatic rings. The Bertz CT molecular complexity index is 752. The maximum absolute atomic E-state index is 12.8. The van der Waals surface area contributed by atoms with Crippen LogP contribution in [0, 0.1) is 0 Å². The topological polar surface area (TPSA) is 28.5 Å². The van der Waals surface area contributed by atoms with Gasteiger partial charge in [-0.15, -0.1) is 0 Å². The lowest BCUT2D eigenvalue weighted by Crippen LogP contribution is -2.35. The van der Waals surface area contributed by atoms with Crippen molar-refractivity contribution in [3.63, 3.8) is 0 Å². The molecule has 0 aliphatic carbocycles. The fourth-order valence-electron chi connectivity index (χ4n) is 3.86. The summed E-state index contributed by atoms with van der Waals surface area (Å²) in [7, 11) is 4.13. The molecular formula is C20H29N3O. The minimum atomic E-state index is 0.121. The zero-order valence-corrected chi connectivity index (χ0v) is 15.2. The highest BCUT2D eigenvalue weighted by Gasteiger charge is 2.24. The van der Waals surface area contributed by atoms with Gasteiger partial charge in [-0.3, -0.25) is 9.69 Å². The van der Waals surface area contributed by atoms with Gasteiger partial charge in [-0.05, 0) is 44.0 Å². The quantitative estimate of drug-likeness (QED) is 0.864. The van der Waals surface area contributed by atoms with E-state index < -0.39 is 0 Å². The van der Waals surface area contributed by atoms with Crippen LogP contribution in [0.3, 0.4) is 0 Å². The first-order valence-corrected chi connectivity index (χ1v) is 9.13. The monoisotopic (exact) mass is 327 g/mol. The van der Waals surface area contributed by atoms with Crippen molar-refractivity contribution >= 4 is 10.8 Å². The van der Waals surface area contributed by atoms with E-state index in [2.05, 4.69) is 35.9 Å². The second-order valence-corrected chi connectivity index (χ2v) is 7.02. The number of benzene rings is 1. The molecule has 0 radical (unpaired) electrons. The number of nitrogens with zero attached hydrogens (tertiary/aromatic N) is 3.